The highest BCUT2D eigenvalue weighted by molar-refractivity contribution is 5.79. The summed E-state index contributed by atoms with van der Waals surface area (Å²) in [5.41, 5.74) is 1.14. The average Bonchev–Trinajstić information content (AvgIpc) is 2.68. The molecule has 0 saturated carbocycles. The number of guanidine groups is 1. The van der Waals surface area contributed by atoms with E-state index in [2.05, 4.69) is 26.6 Å². The van der Waals surface area contributed by atoms with E-state index >= 15 is 0 Å². The molecule has 0 bridgehead atoms. The van der Waals surface area contributed by atoms with Crippen molar-refractivity contribution in [3.8, 4) is 5.75 Å². The molecule has 0 aliphatic carbocycles. The Hall–Kier alpha value is -1.79. The maximum atomic E-state index is 5.68. The molecule has 0 spiro atoms. The van der Waals surface area contributed by atoms with Gasteiger partial charge >= 0.3 is 0 Å². The topological polar surface area (TPSA) is 58.1 Å². The van der Waals surface area contributed by atoms with Gasteiger partial charge in [-0.15, -0.1) is 0 Å². The van der Waals surface area contributed by atoms with E-state index in [-0.39, 0.29) is 0 Å². The second-order valence-electron chi connectivity index (χ2n) is 6.63. The number of hydrogen-bond donors (Lipinski definition) is 2. The summed E-state index contributed by atoms with van der Waals surface area (Å²) >= 11 is 0. The molecule has 0 amide bonds. The number of nitrogens with one attached hydrogen (secondary N) is 2. The van der Waals surface area contributed by atoms with Crippen molar-refractivity contribution in [2.75, 3.05) is 53.6 Å². The number of likely N-dealkylation sites (tertiary alicyclic amines) is 1. The normalized spacial score (nSPS) is 16.5. The van der Waals surface area contributed by atoms with Gasteiger partial charge in [0.2, 0.25) is 0 Å². The lowest BCUT2D eigenvalue weighted by Crippen LogP contribution is -2.43. The van der Waals surface area contributed by atoms with Crippen LogP contribution in [-0.2, 0) is 11.3 Å². The lowest BCUT2D eigenvalue weighted by Gasteiger charge is -2.32. The molecule has 0 unspecified atom stereocenters. The van der Waals surface area contributed by atoms with Crippen molar-refractivity contribution in [2.24, 2.45) is 10.9 Å². The number of methoxy groups -OCH3 is 1. The van der Waals surface area contributed by atoms with Gasteiger partial charge in [0, 0.05) is 39.4 Å². The van der Waals surface area contributed by atoms with Gasteiger partial charge in [-0.2, -0.15) is 0 Å². The van der Waals surface area contributed by atoms with Crippen LogP contribution in [0.15, 0.2) is 29.3 Å². The van der Waals surface area contributed by atoms with Crippen molar-refractivity contribution in [1.82, 2.24) is 15.5 Å². The number of aliphatic imine (C=N–C) groups is 1. The van der Waals surface area contributed by atoms with Crippen LogP contribution in [-0.4, -0.2) is 64.4 Å². The number of nitrogens with zero attached hydrogens (tertiary/aromatic N) is 2. The van der Waals surface area contributed by atoms with Crippen LogP contribution < -0.4 is 15.4 Å². The Morgan fingerprint density at radius 3 is 2.69 bits per heavy atom. The first-order valence-electron chi connectivity index (χ1n) is 9.63. The van der Waals surface area contributed by atoms with E-state index in [0.717, 1.165) is 50.1 Å². The van der Waals surface area contributed by atoms with E-state index in [1.807, 2.05) is 32.2 Å². The van der Waals surface area contributed by atoms with Crippen LogP contribution >= 0.6 is 0 Å². The fraction of sp³-hybridized carbons (Fsp3) is 0.650. The van der Waals surface area contributed by atoms with Gasteiger partial charge in [0.15, 0.2) is 5.96 Å². The smallest absolute Gasteiger partial charge is 0.191 e. The van der Waals surface area contributed by atoms with Gasteiger partial charge in [-0.25, -0.2) is 0 Å². The highest BCUT2D eigenvalue weighted by Crippen LogP contribution is 2.18. The first kappa shape index (κ1) is 20.5. The van der Waals surface area contributed by atoms with Gasteiger partial charge in [-0.05, 0) is 44.8 Å². The van der Waals surface area contributed by atoms with Crippen LogP contribution in [0.5, 0.6) is 5.75 Å². The predicted molar refractivity (Wildman–Crippen MR) is 107 cm³/mol. The van der Waals surface area contributed by atoms with E-state index in [0.29, 0.717) is 19.1 Å². The van der Waals surface area contributed by atoms with E-state index in [1.54, 1.807) is 7.11 Å². The summed E-state index contributed by atoms with van der Waals surface area (Å²) in [6.45, 7) is 8.52. The van der Waals surface area contributed by atoms with Crippen LogP contribution in [0.25, 0.3) is 0 Å². The second kappa shape index (κ2) is 11.8. The average molecular weight is 363 g/mol. The SMILES string of the molecule is CCOc1ccccc1CNC(=NC)NCC1CCN(CCOC)CC1. The van der Waals surface area contributed by atoms with Crippen LogP contribution in [0, 0.1) is 5.92 Å². The third-order valence-electron chi connectivity index (χ3n) is 4.82. The Kier molecular flexibility index (Phi) is 9.28. The lowest BCUT2D eigenvalue weighted by atomic mass is 9.97. The molecule has 1 aliphatic rings. The molecule has 1 aliphatic heterocycles. The third kappa shape index (κ3) is 6.84. The van der Waals surface area contributed by atoms with Gasteiger partial charge in [-0.1, -0.05) is 18.2 Å². The Labute approximate surface area is 158 Å². The maximum absolute atomic E-state index is 5.68. The molecule has 1 aromatic carbocycles. The molecular weight excluding hydrogens is 328 g/mol. The molecular formula is C20H34N4O2. The molecule has 1 fully saturated rings. The van der Waals surface area contributed by atoms with Gasteiger partial charge in [0.1, 0.15) is 5.75 Å². The number of piperidine rings is 1. The van der Waals surface area contributed by atoms with Crippen molar-refractivity contribution in [2.45, 2.75) is 26.3 Å². The molecule has 1 saturated heterocycles. The minimum Gasteiger partial charge on any atom is -0.494 e. The first-order chi connectivity index (χ1) is 12.8. The van der Waals surface area contributed by atoms with Crippen LogP contribution in [0.3, 0.4) is 0 Å². The van der Waals surface area contributed by atoms with Crippen LogP contribution in [0.1, 0.15) is 25.3 Å². The monoisotopic (exact) mass is 362 g/mol. The molecule has 6 heteroatoms. The van der Waals surface area contributed by atoms with E-state index in [4.69, 9.17) is 9.47 Å². The van der Waals surface area contributed by atoms with Crippen molar-refractivity contribution in [1.29, 1.82) is 0 Å². The highest BCUT2D eigenvalue weighted by atomic mass is 16.5. The predicted octanol–water partition coefficient (Wildman–Crippen LogP) is 2.11. The molecule has 0 aromatic heterocycles. The van der Waals surface area contributed by atoms with Crippen molar-refractivity contribution < 1.29 is 9.47 Å². The van der Waals surface area contributed by atoms with Crippen molar-refractivity contribution in [3.05, 3.63) is 29.8 Å². The van der Waals surface area contributed by atoms with Gasteiger partial charge < -0.3 is 25.0 Å². The molecule has 1 heterocycles. The summed E-state index contributed by atoms with van der Waals surface area (Å²) in [5.74, 6) is 2.47. The molecule has 0 atom stereocenters. The molecule has 2 N–H and O–H groups in total. The Bertz CT molecular complexity index is 542. The minimum atomic E-state index is 0.674. The Morgan fingerprint density at radius 2 is 2.00 bits per heavy atom. The number of rotatable bonds is 9. The van der Waals surface area contributed by atoms with Crippen LogP contribution in [0.2, 0.25) is 0 Å². The molecule has 1 aromatic rings. The summed E-state index contributed by atoms with van der Waals surface area (Å²) in [4.78, 5) is 6.83. The summed E-state index contributed by atoms with van der Waals surface area (Å²) in [6, 6.07) is 8.13. The third-order valence-corrected chi connectivity index (χ3v) is 4.82. The van der Waals surface area contributed by atoms with Gasteiger partial charge in [0.05, 0.1) is 13.2 Å². The zero-order chi connectivity index (χ0) is 18.6. The van der Waals surface area contributed by atoms with E-state index < -0.39 is 0 Å². The number of ether oxygens (including phenoxy) is 2. The molecule has 26 heavy (non-hydrogen) atoms. The number of benzene rings is 1. The molecule has 146 valence electrons. The lowest BCUT2D eigenvalue weighted by molar-refractivity contribution is 0.121. The molecule has 0 radical (unpaired) electrons. The van der Waals surface area contributed by atoms with Crippen molar-refractivity contribution in [3.63, 3.8) is 0 Å². The largest absolute Gasteiger partial charge is 0.494 e. The zero-order valence-electron chi connectivity index (χ0n) is 16.5. The van der Waals surface area contributed by atoms with E-state index in [1.165, 1.54) is 12.8 Å². The summed E-state index contributed by atoms with van der Waals surface area (Å²) < 4.78 is 10.8. The summed E-state index contributed by atoms with van der Waals surface area (Å²) in [7, 11) is 3.58. The fourth-order valence-corrected chi connectivity index (χ4v) is 3.22. The number of hydrogen-bond acceptors (Lipinski definition) is 4. The summed E-state index contributed by atoms with van der Waals surface area (Å²) in [5, 5.41) is 6.87. The quantitative estimate of drug-likeness (QED) is 0.520. The van der Waals surface area contributed by atoms with Crippen LogP contribution in [0.4, 0.5) is 0 Å². The van der Waals surface area contributed by atoms with E-state index in [9.17, 15) is 0 Å². The standard InChI is InChI=1S/C20H34N4O2/c1-4-26-19-8-6-5-7-18(19)16-23-20(21-2)22-15-17-9-11-24(12-10-17)13-14-25-3/h5-8,17H,4,9-16H2,1-3H3,(H2,21,22,23). The molecule has 6 nitrogen and oxygen atoms in total. The number of para-hydroxylation sites is 1. The Balaban J connectivity index is 1.72. The Morgan fingerprint density at radius 1 is 1.23 bits per heavy atom. The second-order valence-corrected chi connectivity index (χ2v) is 6.63. The van der Waals surface area contributed by atoms with Gasteiger partial charge in [-0.3, -0.25) is 4.99 Å². The molecule has 2 rings (SSSR count). The summed E-state index contributed by atoms with van der Waals surface area (Å²) in [6.07, 6.45) is 2.45. The minimum absolute atomic E-state index is 0.674. The van der Waals surface area contributed by atoms with Gasteiger partial charge in [0.25, 0.3) is 0 Å². The zero-order valence-corrected chi connectivity index (χ0v) is 16.5. The van der Waals surface area contributed by atoms with Crippen molar-refractivity contribution >= 4 is 5.96 Å². The fourth-order valence-electron chi connectivity index (χ4n) is 3.22. The maximum Gasteiger partial charge on any atom is 0.191 e. The highest BCUT2D eigenvalue weighted by Gasteiger charge is 2.19. The first-order valence-corrected chi connectivity index (χ1v) is 9.63.